The first-order chi connectivity index (χ1) is 4.77. The van der Waals surface area contributed by atoms with E-state index in [0.717, 1.165) is 5.92 Å². The average molecular weight is 157 g/mol. The van der Waals surface area contributed by atoms with Crippen LogP contribution in [0.25, 0.3) is 0 Å². The lowest BCUT2D eigenvalue weighted by atomic mass is 10.0. The first-order valence-corrected chi connectivity index (χ1v) is 4.38. The molecule has 0 aromatic heterocycles. The summed E-state index contributed by atoms with van der Waals surface area (Å²) >= 11 is 0. The van der Waals surface area contributed by atoms with E-state index in [1.54, 1.807) is 0 Å². The quantitative estimate of drug-likeness (QED) is 0.460. The molecule has 1 nitrogen and oxygen atoms in total. The fourth-order valence-corrected chi connectivity index (χ4v) is 1.02. The Morgan fingerprint density at radius 2 is 1.82 bits per heavy atom. The standard InChI is InChI=1S/C10H20.H3N/c1-4-5-6-7-8-9-10(2)3;/h4,10H,1,5-9H2,2-3H3;1H3. The molecule has 0 bridgehead atoms. The van der Waals surface area contributed by atoms with Crippen LogP contribution in [0.1, 0.15) is 46.0 Å². The summed E-state index contributed by atoms with van der Waals surface area (Å²) in [5.41, 5.74) is 0. The molecule has 0 aliphatic rings. The van der Waals surface area contributed by atoms with Crippen molar-refractivity contribution in [2.24, 2.45) is 5.92 Å². The van der Waals surface area contributed by atoms with Crippen molar-refractivity contribution in [3.8, 4) is 0 Å². The second kappa shape index (κ2) is 9.70. The van der Waals surface area contributed by atoms with Gasteiger partial charge in [0.15, 0.2) is 0 Å². The highest BCUT2D eigenvalue weighted by atomic mass is 14.0. The van der Waals surface area contributed by atoms with E-state index in [-0.39, 0.29) is 6.15 Å². The number of rotatable bonds is 6. The zero-order valence-corrected chi connectivity index (χ0v) is 8.10. The van der Waals surface area contributed by atoms with Crippen molar-refractivity contribution in [2.45, 2.75) is 46.0 Å². The Morgan fingerprint density at radius 3 is 2.27 bits per heavy atom. The van der Waals surface area contributed by atoms with Crippen LogP contribution in [-0.4, -0.2) is 0 Å². The maximum absolute atomic E-state index is 3.69. The van der Waals surface area contributed by atoms with E-state index in [1.165, 1.54) is 32.1 Å². The summed E-state index contributed by atoms with van der Waals surface area (Å²) in [6, 6.07) is 0. The van der Waals surface area contributed by atoms with Gasteiger partial charge in [-0.05, 0) is 18.8 Å². The van der Waals surface area contributed by atoms with E-state index in [0.29, 0.717) is 0 Å². The van der Waals surface area contributed by atoms with E-state index in [1.807, 2.05) is 6.08 Å². The molecule has 0 aliphatic carbocycles. The minimum Gasteiger partial charge on any atom is -0.344 e. The van der Waals surface area contributed by atoms with Gasteiger partial charge in [0.1, 0.15) is 0 Å². The van der Waals surface area contributed by atoms with Crippen molar-refractivity contribution in [3.05, 3.63) is 12.7 Å². The van der Waals surface area contributed by atoms with Crippen LogP contribution in [0.2, 0.25) is 0 Å². The molecule has 0 atom stereocenters. The summed E-state index contributed by atoms with van der Waals surface area (Å²) in [7, 11) is 0. The highest BCUT2D eigenvalue weighted by molar-refractivity contribution is 4.65. The normalized spacial score (nSPS) is 9.36. The van der Waals surface area contributed by atoms with Gasteiger partial charge in [0.05, 0.1) is 0 Å². The van der Waals surface area contributed by atoms with E-state index < -0.39 is 0 Å². The Morgan fingerprint density at radius 1 is 1.18 bits per heavy atom. The third-order valence-electron chi connectivity index (χ3n) is 1.69. The molecule has 0 fully saturated rings. The van der Waals surface area contributed by atoms with Crippen LogP contribution in [0.15, 0.2) is 12.7 Å². The van der Waals surface area contributed by atoms with Crippen LogP contribution < -0.4 is 6.15 Å². The third kappa shape index (κ3) is 12.8. The van der Waals surface area contributed by atoms with Crippen LogP contribution in [0, 0.1) is 5.92 Å². The van der Waals surface area contributed by atoms with Gasteiger partial charge in [-0.3, -0.25) is 0 Å². The molecule has 0 aromatic carbocycles. The van der Waals surface area contributed by atoms with Crippen LogP contribution in [0.5, 0.6) is 0 Å². The molecule has 0 radical (unpaired) electrons. The fourth-order valence-electron chi connectivity index (χ4n) is 1.02. The van der Waals surface area contributed by atoms with E-state index in [2.05, 4.69) is 20.4 Å². The van der Waals surface area contributed by atoms with Gasteiger partial charge < -0.3 is 6.15 Å². The molecule has 3 N–H and O–H groups in total. The Bertz CT molecular complexity index is 76.9. The minimum absolute atomic E-state index is 0. The maximum atomic E-state index is 3.69. The Balaban J connectivity index is 0. The van der Waals surface area contributed by atoms with E-state index in [4.69, 9.17) is 0 Å². The van der Waals surface area contributed by atoms with Crippen LogP contribution in [0.4, 0.5) is 0 Å². The van der Waals surface area contributed by atoms with Crippen molar-refractivity contribution in [3.63, 3.8) is 0 Å². The molecule has 0 saturated heterocycles. The lowest BCUT2D eigenvalue weighted by Crippen LogP contribution is -1.86. The van der Waals surface area contributed by atoms with Crippen molar-refractivity contribution in [1.29, 1.82) is 0 Å². The van der Waals surface area contributed by atoms with Gasteiger partial charge in [-0.25, -0.2) is 0 Å². The van der Waals surface area contributed by atoms with Gasteiger partial charge in [0, 0.05) is 0 Å². The van der Waals surface area contributed by atoms with E-state index in [9.17, 15) is 0 Å². The smallest absolute Gasteiger partial charge is 0.0353 e. The topological polar surface area (TPSA) is 35.0 Å². The van der Waals surface area contributed by atoms with Crippen molar-refractivity contribution in [2.75, 3.05) is 0 Å². The molecule has 0 heterocycles. The van der Waals surface area contributed by atoms with Crippen LogP contribution in [0.3, 0.4) is 0 Å². The molecule has 1 heteroatoms. The molecular formula is C10H23N. The predicted molar refractivity (Wildman–Crippen MR) is 53.1 cm³/mol. The number of unbranched alkanes of at least 4 members (excludes halogenated alkanes) is 3. The number of allylic oxidation sites excluding steroid dienone is 1. The molecule has 0 aliphatic heterocycles. The molecule has 0 saturated carbocycles. The van der Waals surface area contributed by atoms with Crippen LogP contribution >= 0.6 is 0 Å². The van der Waals surface area contributed by atoms with Gasteiger partial charge in [-0.2, -0.15) is 0 Å². The summed E-state index contributed by atoms with van der Waals surface area (Å²) in [5, 5.41) is 0. The molecule has 11 heavy (non-hydrogen) atoms. The molecule has 0 unspecified atom stereocenters. The van der Waals surface area contributed by atoms with Crippen molar-refractivity contribution in [1.82, 2.24) is 6.15 Å². The van der Waals surface area contributed by atoms with Crippen molar-refractivity contribution >= 4 is 0 Å². The zero-order valence-electron chi connectivity index (χ0n) is 8.10. The molecule has 68 valence electrons. The first-order valence-electron chi connectivity index (χ1n) is 4.38. The number of hydrogen-bond acceptors (Lipinski definition) is 1. The highest BCUT2D eigenvalue weighted by Gasteiger charge is 1.92. The average Bonchev–Trinajstić information content (AvgIpc) is 1.87. The lowest BCUT2D eigenvalue weighted by molar-refractivity contribution is 0.529. The molecule has 0 rings (SSSR count). The third-order valence-corrected chi connectivity index (χ3v) is 1.69. The Hall–Kier alpha value is -0.300. The van der Waals surface area contributed by atoms with Crippen molar-refractivity contribution < 1.29 is 0 Å². The van der Waals surface area contributed by atoms with E-state index >= 15 is 0 Å². The van der Waals surface area contributed by atoms with Gasteiger partial charge in [0.25, 0.3) is 0 Å². The largest absolute Gasteiger partial charge is 0.344 e. The van der Waals surface area contributed by atoms with Gasteiger partial charge >= 0.3 is 0 Å². The predicted octanol–water partition coefficient (Wildman–Crippen LogP) is 3.94. The monoisotopic (exact) mass is 157 g/mol. The molecule has 0 amide bonds. The molecule has 0 spiro atoms. The summed E-state index contributed by atoms with van der Waals surface area (Å²) in [5.74, 6) is 0.878. The summed E-state index contributed by atoms with van der Waals surface area (Å²) in [6.45, 7) is 8.26. The summed E-state index contributed by atoms with van der Waals surface area (Å²) < 4.78 is 0. The maximum Gasteiger partial charge on any atom is -0.0353 e. The Kier molecular flexibility index (Phi) is 11.7. The van der Waals surface area contributed by atoms with Gasteiger partial charge in [0.2, 0.25) is 0 Å². The van der Waals surface area contributed by atoms with Gasteiger partial charge in [-0.15, -0.1) is 6.58 Å². The highest BCUT2D eigenvalue weighted by Crippen LogP contribution is 2.09. The lowest BCUT2D eigenvalue weighted by Gasteiger charge is -2.02. The summed E-state index contributed by atoms with van der Waals surface area (Å²) in [6.07, 6.45) is 8.69. The second-order valence-corrected chi connectivity index (χ2v) is 3.32. The summed E-state index contributed by atoms with van der Waals surface area (Å²) in [4.78, 5) is 0. The fraction of sp³-hybridized carbons (Fsp3) is 0.800. The van der Waals surface area contributed by atoms with Crippen LogP contribution in [-0.2, 0) is 0 Å². The molecule has 0 aromatic rings. The zero-order chi connectivity index (χ0) is 7.82. The number of hydrogen-bond donors (Lipinski definition) is 1. The minimum atomic E-state index is 0. The SMILES string of the molecule is C=CCCCCCC(C)C.N. The second-order valence-electron chi connectivity index (χ2n) is 3.32. The Labute approximate surface area is 71.5 Å². The molecular weight excluding hydrogens is 134 g/mol. The first kappa shape index (κ1) is 13.3. The van der Waals surface area contributed by atoms with Gasteiger partial charge in [-0.1, -0.05) is 39.2 Å².